The van der Waals surface area contributed by atoms with Crippen LogP contribution in [-0.2, 0) is 6.54 Å². The van der Waals surface area contributed by atoms with Crippen molar-refractivity contribution in [3.63, 3.8) is 0 Å². The van der Waals surface area contributed by atoms with Crippen LogP contribution >= 0.6 is 0 Å². The molecule has 9 heteroatoms. The second-order valence-corrected chi connectivity index (χ2v) is 9.43. The van der Waals surface area contributed by atoms with E-state index < -0.39 is 7.12 Å². The lowest BCUT2D eigenvalue weighted by atomic mass is 9.77. The highest BCUT2D eigenvalue weighted by Crippen LogP contribution is 2.41. The van der Waals surface area contributed by atoms with Crippen molar-refractivity contribution in [3.05, 3.63) is 106 Å². The maximum atomic E-state index is 13.4. The van der Waals surface area contributed by atoms with Crippen LogP contribution in [0.5, 0.6) is 5.75 Å². The third-order valence-electron chi connectivity index (χ3n) is 6.67. The van der Waals surface area contributed by atoms with Gasteiger partial charge in [0.15, 0.2) is 5.43 Å². The van der Waals surface area contributed by atoms with Gasteiger partial charge in [-0.1, -0.05) is 42.5 Å². The van der Waals surface area contributed by atoms with E-state index in [9.17, 15) is 24.7 Å². The first kappa shape index (κ1) is 26.2. The summed E-state index contributed by atoms with van der Waals surface area (Å²) in [5, 5.41) is 32.9. The molecule has 0 aromatic heterocycles. The fourth-order valence-electron chi connectivity index (χ4n) is 4.80. The number of aromatic hydroxyl groups is 1. The van der Waals surface area contributed by atoms with E-state index >= 15 is 0 Å². The third-order valence-corrected chi connectivity index (χ3v) is 6.67. The lowest BCUT2D eigenvalue weighted by Crippen LogP contribution is -2.37. The first-order valence-corrected chi connectivity index (χ1v) is 12.5. The fraction of sp³-hybridized carbons (Fsp3) is 0.133. The van der Waals surface area contributed by atoms with Crippen molar-refractivity contribution in [1.82, 2.24) is 10.2 Å². The third kappa shape index (κ3) is 5.56. The number of benzene rings is 4. The minimum Gasteiger partial charge on any atom is -0.508 e. The number of fused-ring (bicyclic) bond motifs is 2. The molecule has 0 atom stereocenters. The average Bonchev–Trinajstić information content (AvgIpc) is 2.91. The Morgan fingerprint density at radius 2 is 1.72 bits per heavy atom. The van der Waals surface area contributed by atoms with Crippen molar-refractivity contribution in [3.8, 4) is 28.2 Å². The minimum absolute atomic E-state index is 0.0288. The molecule has 1 aliphatic heterocycles. The molecule has 0 radical (unpaired) electrons. The second kappa shape index (κ2) is 11.1. The van der Waals surface area contributed by atoms with Gasteiger partial charge in [0.2, 0.25) is 0 Å². The molecule has 1 heterocycles. The van der Waals surface area contributed by atoms with Gasteiger partial charge in [-0.25, -0.2) is 0 Å². The van der Waals surface area contributed by atoms with Gasteiger partial charge < -0.3 is 29.8 Å². The molecular weight excluding hydrogens is 495 g/mol. The number of carbonyl (C=O) groups is 1. The smallest absolute Gasteiger partial charge is 0.488 e. The molecule has 0 bridgehead atoms. The van der Waals surface area contributed by atoms with Crippen LogP contribution < -0.4 is 16.2 Å². The van der Waals surface area contributed by atoms with E-state index in [-0.39, 0.29) is 17.1 Å². The largest absolute Gasteiger partial charge is 0.508 e. The van der Waals surface area contributed by atoms with Crippen LogP contribution in [0.2, 0.25) is 0 Å². The van der Waals surface area contributed by atoms with E-state index in [1.165, 1.54) is 18.2 Å². The topological polar surface area (TPSA) is 123 Å². The molecule has 39 heavy (non-hydrogen) atoms. The van der Waals surface area contributed by atoms with Crippen molar-refractivity contribution >= 4 is 29.5 Å². The zero-order chi connectivity index (χ0) is 27.5. The van der Waals surface area contributed by atoms with Gasteiger partial charge in [0.25, 0.3) is 5.91 Å². The zero-order valence-electron chi connectivity index (χ0n) is 21.3. The molecule has 0 unspecified atom stereocenters. The zero-order valence-corrected chi connectivity index (χ0v) is 21.3. The fourth-order valence-corrected chi connectivity index (χ4v) is 4.80. The molecule has 4 N–H and O–H groups in total. The SMILES string of the molecule is CN(CCNC(=O)c1ccccc1-c1c2ccc(=O)cc-2oc2cc(O)ccc12)Cc1ccccc1B(O)O. The van der Waals surface area contributed by atoms with Crippen molar-refractivity contribution in [1.29, 1.82) is 0 Å². The van der Waals surface area contributed by atoms with Gasteiger partial charge in [-0.2, -0.15) is 0 Å². The molecule has 1 amide bonds. The molecule has 1 aliphatic carbocycles. The standard InChI is InChI=1S/C30H27BN2O6/c1-33(18-19-6-2-5-9-26(19)31(37)38)15-14-32-30(36)23-8-4-3-7-22(23)29-24-12-10-20(34)16-27(24)39-28-17-21(35)11-13-25(28)29/h2-13,16-17,34,37-38H,14-15,18H2,1H3,(H,32,36). The maximum absolute atomic E-state index is 13.4. The summed E-state index contributed by atoms with van der Waals surface area (Å²) in [6, 6.07) is 23.7. The van der Waals surface area contributed by atoms with E-state index in [1.807, 2.05) is 36.2 Å². The first-order chi connectivity index (χ1) is 18.8. The average molecular weight is 522 g/mol. The summed E-state index contributed by atoms with van der Waals surface area (Å²) in [6.45, 7) is 1.39. The molecule has 196 valence electrons. The first-order valence-electron chi connectivity index (χ1n) is 12.5. The number of rotatable bonds is 8. The summed E-state index contributed by atoms with van der Waals surface area (Å²) in [4.78, 5) is 27.4. The van der Waals surface area contributed by atoms with E-state index in [0.29, 0.717) is 58.5 Å². The molecule has 2 aliphatic rings. The summed E-state index contributed by atoms with van der Waals surface area (Å²) < 4.78 is 5.94. The summed E-state index contributed by atoms with van der Waals surface area (Å²) in [6.07, 6.45) is 0. The highest BCUT2D eigenvalue weighted by molar-refractivity contribution is 6.59. The quantitative estimate of drug-likeness (QED) is 0.183. The monoisotopic (exact) mass is 522 g/mol. The van der Waals surface area contributed by atoms with Gasteiger partial charge in [0.1, 0.15) is 17.1 Å². The minimum atomic E-state index is -1.55. The number of likely N-dealkylation sites (N-methyl/N-ethyl adjacent to an activating group) is 1. The molecular formula is C30H27BN2O6. The molecule has 8 nitrogen and oxygen atoms in total. The molecule has 0 saturated carbocycles. The predicted molar refractivity (Wildman–Crippen MR) is 151 cm³/mol. The molecule has 3 aromatic carbocycles. The Labute approximate surface area is 225 Å². The number of nitrogens with zero attached hydrogens (tertiary/aromatic N) is 1. The van der Waals surface area contributed by atoms with Crippen LogP contribution in [0.3, 0.4) is 0 Å². The Balaban J connectivity index is 1.41. The molecule has 3 aromatic rings. The van der Waals surface area contributed by atoms with Gasteiger partial charge in [-0.15, -0.1) is 0 Å². The maximum Gasteiger partial charge on any atom is 0.488 e. The van der Waals surface area contributed by atoms with E-state index in [0.717, 1.165) is 11.1 Å². The van der Waals surface area contributed by atoms with Gasteiger partial charge in [0.05, 0.1) is 0 Å². The lowest BCUT2D eigenvalue weighted by molar-refractivity contribution is 0.0950. The van der Waals surface area contributed by atoms with Crippen molar-refractivity contribution in [2.24, 2.45) is 0 Å². The number of carbonyl (C=O) groups excluding carboxylic acids is 1. The number of phenolic OH excluding ortho intramolecular Hbond substituents is 1. The number of amides is 1. The molecule has 0 spiro atoms. The molecule has 0 fully saturated rings. The van der Waals surface area contributed by atoms with E-state index in [4.69, 9.17) is 4.42 Å². The Hall–Kier alpha value is -4.44. The van der Waals surface area contributed by atoms with Crippen LogP contribution in [0.15, 0.2) is 94.1 Å². The molecule has 0 saturated heterocycles. The second-order valence-electron chi connectivity index (χ2n) is 9.43. The van der Waals surface area contributed by atoms with Crippen LogP contribution in [0.4, 0.5) is 0 Å². The van der Waals surface area contributed by atoms with Gasteiger partial charge in [-0.05, 0) is 54.0 Å². The highest BCUT2D eigenvalue weighted by Gasteiger charge is 2.22. The normalized spacial score (nSPS) is 11.3. The Morgan fingerprint density at radius 3 is 2.54 bits per heavy atom. The Morgan fingerprint density at radius 1 is 0.949 bits per heavy atom. The van der Waals surface area contributed by atoms with Gasteiger partial charge in [-0.3, -0.25) is 9.59 Å². The van der Waals surface area contributed by atoms with Crippen molar-refractivity contribution < 1.29 is 24.4 Å². The summed E-state index contributed by atoms with van der Waals surface area (Å²) in [5.41, 5.74) is 3.98. The predicted octanol–water partition coefficient (Wildman–Crippen LogP) is 2.81. The Bertz CT molecular complexity index is 1680. The van der Waals surface area contributed by atoms with Gasteiger partial charge >= 0.3 is 7.12 Å². The number of nitrogens with one attached hydrogen (secondary N) is 1. The van der Waals surface area contributed by atoms with Crippen LogP contribution in [0.25, 0.3) is 33.4 Å². The molecule has 5 rings (SSSR count). The van der Waals surface area contributed by atoms with E-state index in [2.05, 4.69) is 5.32 Å². The van der Waals surface area contributed by atoms with E-state index in [1.54, 1.807) is 42.5 Å². The highest BCUT2D eigenvalue weighted by atomic mass is 16.4. The van der Waals surface area contributed by atoms with Crippen LogP contribution in [-0.4, -0.2) is 53.2 Å². The van der Waals surface area contributed by atoms with Crippen molar-refractivity contribution in [2.75, 3.05) is 20.1 Å². The number of hydrogen-bond donors (Lipinski definition) is 4. The summed E-state index contributed by atoms with van der Waals surface area (Å²) in [5.74, 6) is 0.133. The van der Waals surface area contributed by atoms with Crippen LogP contribution in [0, 0.1) is 0 Å². The number of phenols is 1. The Kier molecular flexibility index (Phi) is 7.47. The number of hydrogen-bond acceptors (Lipinski definition) is 7. The van der Waals surface area contributed by atoms with Gasteiger partial charge in [0, 0.05) is 53.8 Å². The summed E-state index contributed by atoms with van der Waals surface area (Å²) in [7, 11) is 0.347. The lowest BCUT2D eigenvalue weighted by Gasteiger charge is -2.20. The summed E-state index contributed by atoms with van der Waals surface area (Å²) >= 11 is 0. The van der Waals surface area contributed by atoms with Crippen LogP contribution in [0.1, 0.15) is 15.9 Å². The van der Waals surface area contributed by atoms with Crippen molar-refractivity contribution in [2.45, 2.75) is 6.54 Å².